The first kappa shape index (κ1) is 27.1. The average Bonchev–Trinajstić information content (AvgIpc) is 3.28. The smallest absolute Gasteiger partial charge is 0.492 e. The van der Waals surface area contributed by atoms with E-state index in [0.717, 1.165) is 0 Å². The fraction of sp³-hybridized carbons (Fsp3) is 0.364. The number of ether oxygens (including phenoxy) is 3. The maximum Gasteiger partial charge on any atom is 0.492 e. The van der Waals surface area contributed by atoms with Gasteiger partial charge in [-0.25, -0.2) is 0 Å². The number of rotatable bonds is 7. The monoisotopic (exact) mass is 504 g/mol. The van der Waals surface area contributed by atoms with E-state index < -0.39 is 38.4 Å². The minimum absolute atomic E-state index is 0.0148. The van der Waals surface area contributed by atoms with Crippen LogP contribution in [0.3, 0.4) is 0 Å². The van der Waals surface area contributed by atoms with Crippen LogP contribution in [0.2, 0.25) is 0 Å². The van der Waals surface area contributed by atoms with Crippen LogP contribution in [0, 0.1) is 0 Å². The Morgan fingerprint density at radius 1 is 0.861 bits per heavy atom. The SMILES string of the molecule is CCOC(=O)CC1OB(O)c2cc(O)cc(OC)c21.COc1cc(O)cc2c1C(CC(=O)O)OB2O. The molecule has 14 heteroatoms. The molecule has 0 amide bonds. The number of carboxylic acid groups (broad SMARTS) is 1. The summed E-state index contributed by atoms with van der Waals surface area (Å²) in [6.07, 6.45) is -1.70. The van der Waals surface area contributed by atoms with Crippen LogP contribution >= 0.6 is 0 Å². The highest BCUT2D eigenvalue weighted by Crippen LogP contribution is 2.37. The molecular weight excluding hydrogens is 478 g/mol. The molecule has 0 saturated heterocycles. The zero-order valence-electron chi connectivity index (χ0n) is 19.8. The Kier molecular flexibility index (Phi) is 8.69. The highest BCUT2D eigenvalue weighted by Gasteiger charge is 2.40. The average molecular weight is 504 g/mol. The largest absolute Gasteiger partial charge is 0.508 e. The number of aliphatic carboxylic acids is 1. The number of carbonyl (C=O) groups is 2. The molecule has 4 rings (SSSR count). The van der Waals surface area contributed by atoms with Gasteiger partial charge in [0.05, 0.1) is 45.9 Å². The lowest BCUT2D eigenvalue weighted by molar-refractivity contribution is -0.145. The number of phenols is 2. The van der Waals surface area contributed by atoms with Crippen LogP contribution in [-0.2, 0) is 23.6 Å². The maximum atomic E-state index is 11.5. The van der Waals surface area contributed by atoms with Gasteiger partial charge in [-0.05, 0) is 30.0 Å². The van der Waals surface area contributed by atoms with Crippen molar-refractivity contribution in [2.75, 3.05) is 20.8 Å². The van der Waals surface area contributed by atoms with Gasteiger partial charge in [0.2, 0.25) is 0 Å². The van der Waals surface area contributed by atoms with Gasteiger partial charge in [0.25, 0.3) is 0 Å². The van der Waals surface area contributed by atoms with Gasteiger partial charge in [0.1, 0.15) is 23.0 Å². The number of hydrogen-bond donors (Lipinski definition) is 5. The number of methoxy groups -OCH3 is 2. The van der Waals surface area contributed by atoms with Crippen LogP contribution < -0.4 is 20.4 Å². The van der Waals surface area contributed by atoms with E-state index in [2.05, 4.69) is 0 Å². The number of carboxylic acids is 1. The summed E-state index contributed by atoms with van der Waals surface area (Å²) in [5, 5.41) is 47.1. The number of esters is 1. The quantitative estimate of drug-likeness (QED) is 0.247. The zero-order valence-corrected chi connectivity index (χ0v) is 19.8. The summed E-state index contributed by atoms with van der Waals surface area (Å²) in [6, 6.07) is 5.51. The van der Waals surface area contributed by atoms with E-state index in [4.69, 9.17) is 28.6 Å². The first-order valence-electron chi connectivity index (χ1n) is 11.0. The summed E-state index contributed by atoms with van der Waals surface area (Å²) in [5.74, 6) is -0.870. The van der Waals surface area contributed by atoms with Crippen molar-refractivity contribution >= 4 is 37.1 Å². The van der Waals surface area contributed by atoms with Crippen LogP contribution in [0.1, 0.15) is 43.1 Å². The number of aromatic hydroxyl groups is 2. The van der Waals surface area contributed by atoms with Gasteiger partial charge in [0.15, 0.2) is 0 Å². The maximum absolute atomic E-state index is 11.5. The molecule has 2 aromatic carbocycles. The number of fused-ring (bicyclic) bond motifs is 2. The van der Waals surface area contributed by atoms with Crippen molar-refractivity contribution in [1.82, 2.24) is 0 Å². The predicted octanol–water partition coefficient (Wildman–Crippen LogP) is -0.253. The molecule has 0 aromatic heterocycles. The molecule has 0 fully saturated rings. The highest BCUT2D eigenvalue weighted by molar-refractivity contribution is 6.62. The standard InChI is InChI=1S/C12H15BO6.C10H11BO6/c1-3-18-11(15)6-10-12-8(13(16)19-10)4-7(14)5-9(12)17-2;1-16-7-3-5(12)2-6-10(7)8(4-9(13)14)17-11(6)15/h4-5,10,14,16H,3,6H2,1-2H3;2-3,8,12,15H,4H2,1H3,(H,13,14). The topological polar surface area (TPSA) is 181 Å². The van der Waals surface area contributed by atoms with Crippen LogP contribution in [0.25, 0.3) is 0 Å². The molecule has 2 atom stereocenters. The third-order valence-corrected chi connectivity index (χ3v) is 5.54. The molecule has 12 nitrogen and oxygen atoms in total. The first-order chi connectivity index (χ1) is 17.1. The summed E-state index contributed by atoms with van der Waals surface area (Å²) in [6.45, 7) is 2.00. The lowest BCUT2D eigenvalue weighted by Gasteiger charge is -2.14. The van der Waals surface area contributed by atoms with Crippen molar-refractivity contribution in [1.29, 1.82) is 0 Å². The highest BCUT2D eigenvalue weighted by atomic mass is 16.6. The van der Waals surface area contributed by atoms with E-state index in [1.54, 1.807) is 6.92 Å². The molecule has 0 spiro atoms. The van der Waals surface area contributed by atoms with E-state index in [0.29, 0.717) is 33.6 Å². The predicted molar refractivity (Wildman–Crippen MR) is 126 cm³/mol. The molecule has 192 valence electrons. The van der Waals surface area contributed by atoms with E-state index in [1.807, 2.05) is 0 Å². The van der Waals surface area contributed by atoms with Crippen molar-refractivity contribution in [3.8, 4) is 23.0 Å². The Morgan fingerprint density at radius 3 is 1.69 bits per heavy atom. The summed E-state index contributed by atoms with van der Waals surface area (Å²) >= 11 is 0. The van der Waals surface area contributed by atoms with E-state index >= 15 is 0 Å². The number of hydrogen-bond acceptors (Lipinski definition) is 11. The number of benzene rings is 2. The fourth-order valence-electron chi connectivity index (χ4n) is 4.13. The normalized spacial score (nSPS) is 17.6. The Morgan fingerprint density at radius 2 is 1.31 bits per heavy atom. The van der Waals surface area contributed by atoms with Gasteiger partial charge in [0, 0.05) is 23.3 Å². The zero-order chi connectivity index (χ0) is 26.6. The summed E-state index contributed by atoms with van der Waals surface area (Å²) in [7, 11) is 0.421. The van der Waals surface area contributed by atoms with Crippen LogP contribution in [0.5, 0.6) is 23.0 Å². The van der Waals surface area contributed by atoms with Gasteiger partial charge in [-0.15, -0.1) is 0 Å². The third kappa shape index (κ3) is 5.85. The molecular formula is C22H26B2O12. The Balaban J connectivity index is 0.000000202. The van der Waals surface area contributed by atoms with Crippen molar-refractivity contribution in [2.45, 2.75) is 32.0 Å². The lowest BCUT2D eigenvalue weighted by Crippen LogP contribution is -2.28. The summed E-state index contributed by atoms with van der Waals surface area (Å²) in [4.78, 5) is 22.2. The molecule has 2 aromatic rings. The van der Waals surface area contributed by atoms with E-state index in [9.17, 15) is 29.9 Å². The minimum atomic E-state index is -1.24. The molecule has 36 heavy (non-hydrogen) atoms. The number of phenolic OH excluding ortho intramolecular Hbond substituents is 2. The van der Waals surface area contributed by atoms with Crippen molar-refractivity contribution < 1.29 is 58.5 Å². The van der Waals surface area contributed by atoms with E-state index in [1.165, 1.54) is 38.5 Å². The van der Waals surface area contributed by atoms with Crippen LogP contribution in [0.15, 0.2) is 24.3 Å². The molecule has 0 aliphatic carbocycles. The Labute approximate surface area is 207 Å². The van der Waals surface area contributed by atoms with Crippen molar-refractivity contribution in [3.63, 3.8) is 0 Å². The molecule has 2 unspecified atom stereocenters. The lowest BCUT2D eigenvalue weighted by atomic mass is 9.78. The van der Waals surface area contributed by atoms with Crippen LogP contribution in [0.4, 0.5) is 0 Å². The Hall–Kier alpha value is -3.45. The fourth-order valence-corrected chi connectivity index (χ4v) is 4.13. The van der Waals surface area contributed by atoms with Gasteiger partial charge in [-0.3, -0.25) is 9.59 Å². The van der Waals surface area contributed by atoms with Gasteiger partial charge >= 0.3 is 26.2 Å². The second-order valence-corrected chi connectivity index (χ2v) is 7.86. The van der Waals surface area contributed by atoms with E-state index in [-0.39, 0.29) is 30.9 Å². The molecule has 0 radical (unpaired) electrons. The molecule has 5 N–H and O–H groups in total. The third-order valence-electron chi connectivity index (χ3n) is 5.54. The van der Waals surface area contributed by atoms with Gasteiger partial charge in [-0.2, -0.15) is 0 Å². The second-order valence-electron chi connectivity index (χ2n) is 7.86. The van der Waals surface area contributed by atoms with Gasteiger partial charge in [-0.1, -0.05) is 0 Å². The molecule has 0 bridgehead atoms. The van der Waals surface area contributed by atoms with Crippen LogP contribution in [-0.4, -0.2) is 72.4 Å². The summed E-state index contributed by atoms with van der Waals surface area (Å²) < 4.78 is 25.5. The minimum Gasteiger partial charge on any atom is -0.508 e. The van der Waals surface area contributed by atoms with Gasteiger partial charge < -0.3 is 48.9 Å². The number of carbonyl (C=O) groups excluding carboxylic acids is 1. The first-order valence-corrected chi connectivity index (χ1v) is 11.0. The molecule has 2 aliphatic rings. The Bertz CT molecular complexity index is 1120. The molecule has 2 heterocycles. The van der Waals surface area contributed by atoms with Crippen molar-refractivity contribution in [2.24, 2.45) is 0 Å². The molecule has 2 aliphatic heterocycles. The molecule has 0 saturated carbocycles. The second kappa shape index (κ2) is 11.5. The van der Waals surface area contributed by atoms with Crippen molar-refractivity contribution in [3.05, 3.63) is 35.4 Å². The summed E-state index contributed by atoms with van der Waals surface area (Å²) in [5.41, 5.74) is 1.79.